The van der Waals surface area contributed by atoms with Crippen molar-refractivity contribution in [3.8, 4) is 0 Å². The highest BCUT2D eigenvalue weighted by molar-refractivity contribution is 6.30. The fraction of sp³-hybridized carbons (Fsp3) is 0.0909. The van der Waals surface area contributed by atoms with Crippen molar-refractivity contribution >= 4 is 132 Å². The van der Waals surface area contributed by atoms with E-state index in [1.807, 2.05) is 0 Å². The third-order valence-corrected chi connectivity index (χ3v) is 14.9. The molecule has 0 saturated carbocycles. The van der Waals surface area contributed by atoms with Crippen LogP contribution in [0.25, 0.3) is 97.7 Å². The number of para-hydroxylation sites is 4. The maximum absolute atomic E-state index is 6.89. The molecule has 2 aromatic heterocycles. The van der Waals surface area contributed by atoms with E-state index in [4.69, 9.17) is 8.83 Å². The summed E-state index contributed by atoms with van der Waals surface area (Å²) in [5.41, 5.74) is 12.5. The SMILES string of the molecule is CC(C)c1cc(N(c2ccc3ccccc3c2)c2cccc3c2oc2ccccc23)c2ccc3c(C(C)C)cc(N(c4ccc5ccccc5c4)c4cccc5c4oc4ccccc45)c4ccc1c2c34. The first-order chi connectivity index (χ1) is 34.4. The highest BCUT2D eigenvalue weighted by atomic mass is 16.3. The summed E-state index contributed by atoms with van der Waals surface area (Å²) in [5.74, 6) is 0.459. The van der Waals surface area contributed by atoms with E-state index in [-0.39, 0.29) is 11.8 Å². The van der Waals surface area contributed by atoms with Crippen molar-refractivity contribution in [3.63, 3.8) is 0 Å². The summed E-state index contributed by atoms with van der Waals surface area (Å²) >= 11 is 0. The Morgan fingerprint density at radius 3 is 1.13 bits per heavy atom. The maximum Gasteiger partial charge on any atom is 0.159 e. The molecule has 0 amide bonds. The molecule has 70 heavy (non-hydrogen) atoms. The van der Waals surface area contributed by atoms with Gasteiger partial charge in [-0.15, -0.1) is 0 Å². The lowest BCUT2D eigenvalue weighted by Gasteiger charge is -2.31. The van der Waals surface area contributed by atoms with Crippen molar-refractivity contribution in [2.24, 2.45) is 0 Å². The Balaban J connectivity index is 1.11. The minimum Gasteiger partial charge on any atom is -0.454 e. The maximum atomic E-state index is 6.89. The van der Waals surface area contributed by atoms with Gasteiger partial charge in [0.15, 0.2) is 11.2 Å². The van der Waals surface area contributed by atoms with Gasteiger partial charge in [0, 0.05) is 43.7 Å². The van der Waals surface area contributed by atoms with Crippen LogP contribution in [0.1, 0.15) is 50.7 Å². The lowest BCUT2D eigenvalue weighted by atomic mass is 9.84. The molecule has 0 bridgehead atoms. The van der Waals surface area contributed by atoms with Crippen molar-refractivity contribution in [1.29, 1.82) is 0 Å². The molecular weight excluding hydrogens is 853 g/mol. The van der Waals surface area contributed by atoms with Crippen molar-refractivity contribution in [2.45, 2.75) is 39.5 Å². The monoisotopic (exact) mass is 900 g/mol. The van der Waals surface area contributed by atoms with Crippen LogP contribution in [0.2, 0.25) is 0 Å². The zero-order valence-corrected chi connectivity index (χ0v) is 39.5. The molecule has 0 spiro atoms. The summed E-state index contributed by atoms with van der Waals surface area (Å²) in [5, 5.41) is 16.6. The fourth-order valence-corrected chi connectivity index (χ4v) is 11.6. The summed E-state index contributed by atoms with van der Waals surface area (Å²) in [4.78, 5) is 4.92. The normalized spacial score (nSPS) is 12.3. The average molecular weight is 901 g/mol. The highest BCUT2D eigenvalue weighted by Gasteiger charge is 2.29. The van der Waals surface area contributed by atoms with Gasteiger partial charge in [-0.25, -0.2) is 0 Å². The summed E-state index contributed by atoms with van der Waals surface area (Å²) in [6.07, 6.45) is 0. The van der Waals surface area contributed by atoms with Gasteiger partial charge in [-0.05, 0) is 127 Å². The zero-order chi connectivity index (χ0) is 46.8. The van der Waals surface area contributed by atoms with E-state index in [2.05, 4.69) is 244 Å². The molecule has 12 aromatic carbocycles. The number of fused-ring (bicyclic) bond motifs is 8. The fourth-order valence-electron chi connectivity index (χ4n) is 11.6. The molecule has 0 atom stereocenters. The number of furan rings is 2. The van der Waals surface area contributed by atoms with Crippen molar-refractivity contribution < 1.29 is 8.83 Å². The lowest BCUT2D eigenvalue weighted by Crippen LogP contribution is -2.13. The van der Waals surface area contributed by atoms with E-state index in [1.165, 1.54) is 65.0 Å². The first kappa shape index (κ1) is 40.5. The van der Waals surface area contributed by atoms with Crippen LogP contribution in [0, 0.1) is 0 Å². The van der Waals surface area contributed by atoms with Gasteiger partial charge in [0.05, 0.1) is 22.7 Å². The Kier molecular flexibility index (Phi) is 8.94. The quantitative estimate of drug-likeness (QED) is 0.142. The van der Waals surface area contributed by atoms with Crippen LogP contribution < -0.4 is 9.80 Å². The molecule has 2 heterocycles. The Bertz CT molecular complexity index is 4120. The first-order valence-corrected chi connectivity index (χ1v) is 24.5. The predicted octanol–water partition coefficient (Wildman–Crippen LogP) is 19.9. The van der Waals surface area contributed by atoms with Crippen LogP contribution in [-0.2, 0) is 0 Å². The minimum absolute atomic E-state index is 0.229. The van der Waals surface area contributed by atoms with Crippen LogP contribution in [0.3, 0.4) is 0 Å². The molecule has 0 aliphatic heterocycles. The Labute approximate surface area is 405 Å². The van der Waals surface area contributed by atoms with Crippen molar-refractivity contribution in [1.82, 2.24) is 0 Å². The van der Waals surface area contributed by atoms with Crippen molar-refractivity contribution in [3.05, 3.63) is 217 Å². The number of hydrogen-bond acceptors (Lipinski definition) is 4. The highest BCUT2D eigenvalue weighted by Crippen LogP contribution is 2.53. The summed E-state index contributed by atoms with van der Waals surface area (Å²) in [6.45, 7) is 9.32. The first-order valence-electron chi connectivity index (χ1n) is 24.5. The number of hydrogen-bond donors (Lipinski definition) is 0. The van der Waals surface area contributed by atoms with E-state index in [0.29, 0.717) is 0 Å². The van der Waals surface area contributed by atoms with E-state index in [9.17, 15) is 0 Å². The smallest absolute Gasteiger partial charge is 0.159 e. The largest absolute Gasteiger partial charge is 0.454 e. The van der Waals surface area contributed by atoms with Gasteiger partial charge < -0.3 is 18.6 Å². The zero-order valence-electron chi connectivity index (χ0n) is 39.5. The van der Waals surface area contributed by atoms with Gasteiger partial charge in [0.2, 0.25) is 0 Å². The van der Waals surface area contributed by atoms with Gasteiger partial charge in [0.25, 0.3) is 0 Å². The summed E-state index contributed by atoms with van der Waals surface area (Å²) in [6, 6.07) is 75.4. The molecule has 14 rings (SSSR count). The molecule has 4 heteroatoms. The Hall–Kier alpha value is -8.60. The Morgan fingerprint density at radius 2 is 0.686 bits per heavy atom. The third-order valence-electron chi connectivity index (χ3n) is 14.9. The van der Waals surface area contributed by atoms with Crippen LogP contribution in [0.4, 0.5) is 34.1 Å². The summed E-state index contributed by atoms with van der Waals surface area (Å²) < 4.78 is 13.8. The molecule has 0 fully saturated rings. The molecule has 0 aliphatic carbocycles. The molecule has 0 radical (unpaired) electrons. The van der Waals surface area contributed by atoms with Gasteiger partial charge >= 0.3 is 0 Å². The van der Waals surface area contributed by atoms with E-state index >= 15 is 0 Å². The molecule has 14 aromatic rings. The van der Waals surface area contributed by atoms with E-state index in [0.717, 1.165) is 78.0 Å². The molecule has 4 nitrogen and oxygen atoms in total. The second-order valence-corrected chi connectivity index (χ2v) is 19.6. The molecule has 0 N–H and O–H groups in total. The van der Waals surface area contributed by atoms with Gasteiger partial charge in [-0.1, -0.05) is 173 Å². The average Bonchev–Trinajstić information content (AvgIpc) is 3.98. The van der Waals surface area contributed by atoms with Crippen molar-refractivity contribution in [2.75, 3.05) is 9.80 Å². The van der Waals surface area contributed by atoms with Gasteiger partial charge in [-0.3, -0.25) is 0 Å². The standard InChI is InChI=1S/C66H48N2O2/c1-39(2)55-37-59(67(45-29-27-41-15-5-7-17-43(41)35-45)57-23-13-21-51-47-19-9-11-25-61(47)69-65(51)57)53-34-32-50-56(40(3)4)38-60(54-33-31-49(55)63(53)64(50)54)68(46-30-28-42-16-6-8-18-44(42)36-46)58-24-14-22-52-48-20-10-12-26-62(48)70-66(52)58/h5-40H,1-4H3. The van der Waals surface area contributed by atoms with Crippen LogP contribution in [0.15, 0.2) is 215 Å². The minimum atomic E-state index is 0.229. The van der Waals surface area contributed by atoms with Crippen LogP contribution in [-0.4, -0.2) is 0 Å². The number of benzene rings is 12. The number of rotatable bonds is 8. The molecule has 0 saturated heterocycles. The second-order valence-electron chi connectivity index (χ2n) is 19.6. The third kappa shape index (κ3) is 6.02. The van der Waals surface area contributed by atoms with Gasteiger partial charge in [-0.2, -0.15) is 0 Å². The summed E-state index contributed by atoms with van der Waals surface area (Å²) in [7, 11) is 0. The second kappa shape index (κ2) is 15.5. The molecule has 0 aliphatic rings. The predicted molar refractivity (Wildman–Crippen MR) is 297 cm³/mol. The number of anilines is 6. The van der Waals surface area contributed by atoms with Gasteiger partial charge in [0.1, 0.15) is 11.2 Å². The molecule has 334 valence electrons. The van der Waals surface area contributed by atoms with Crippen LogP contribution >= 0.6 is 0 Å². The number of nitrogens with zero attached hydrogens (tertiary/aromatic N) is 2. The van der Waals surface area contributed by atoms with E-state index in [1.54, 1.807) is 0 Å². The van der Waals surface area contributed by atoms with Crippen LogP contribution in [0.5, 0.6) is 0 Å². The van der Waals surface area contributed by atoms with E-state index < -0.39 is 0 Å². The molecular formula is C66H48N2O2. The Morgan fingerprint density at radius 1 is 0.300 bits per heavy atom. The lowest BCUT2D eigenvalue weighted by molar-refractivity contribution is 0.668. The topological polar surface area (TPSA) is 32.8 Å². The molecule has 0 unspecified atom stereocenters.